The fourth-order valence-corrected chi connectivity index (χ4v) is 3.95. The zero-order chi connectivity index (χ0) is 19.8. The van der Waals surface area contributed by atoms with Crippen molar-refractivity contribution in [2.24, 2.45) is 0 Å². The summed E-state index contributed by atoms with van der Waals surface area (Å²) in [6, 6.07) is 23.6. The van der Waals surface area contributed by atoms with Gasteiger partial charge >= 0.3 is 0 Å². The second-order valence-corrected chi connectivity index (χ2v) is 7.02. The Bertz CT molecular complexity index is 1260. The highest BCUT2D eigenvalue weighted by molar-refractivity contribution is 5.83. The molecule has 0 aliphatic heterocycles. The van der Waals surface area contributed by atoms with Gasteiger partial charge in [-0.05, 0) is 54.3 Å². The smallest absolute Gasteiger partial charge is 0.173 e. The Morgan fingerprint density at radius 1 is 0.966 bits per heavy atom. The number of aromatic amines is 1. The first-order valence-electron chi connectivity index (χ1n) is 9.67. The van der Waals surface area contributed by atoms with E-state index in [9.17, 15) is 5.11 Å². The van der Waals surface area contributed by atoms with Gasteiger partial charge in [-0.2, -0.15) is 4.73 Å². The molecular formula is C24H21N3O2. The number of nitrogens with zero attached hydrogens (tertiary/aromatic N) is 2. The highest BCUT2D eigenvalue weighted by atomic mass is 16.7. The molecule has 0 saturated carbocycles. The first-order valence-corrected chi connectivity index (χ1v) is 9.67. The number of para-hydroxylation sites is 2. The molecule has 2 N–H and O–H groups in total. The summed E-state index contributed by atoms with van der Waals surface area (Å²) in [7, 11) is 0. The van der Waals surface area contributed by atoms with Gasteiger partial charge in [-0.15, -0.1) is 0 Å². The summed E-state index contributed by atoms with van der Waals surface area (Å²) in [5, 5.41) is 14.3. The number of H-pyrrole nitrogens is 1. The van der Waals surface area contributed by atoms with Gasteiger partial charge in [-0.1, -0.05) is 36.4 Å². The number of fused-ring (bicyclic) bond motifs is 2. The maximum atomic E-state index is 12.3. The summed E-state index contributed by atoms with van der Waals surface area (Å²) in [5.74, 6) is 0. The molecule has 0 spiro atoms. The number of aliphatic hydroxyl groups is 1. The summed E-state index contributed by atoms with van der Waals surface area (Å²) < 4.78 is 1.74. The van der Waals surface area contributed by atoms with Crippen molar-refractivity contribution in [3.05, 3.63) is 102 Å². The van der Waals surface area contributed by atoms with Gasteiger partial charge in [0.15, 0.2) is 5.60 Å². The molecule has 5 nitrogen and oxygen atoms in total. The van der Waals surface area contributed by atoms with Gasteiger partial charge in [-0.3, -0.25) is 4.98 Å². The number of aromatic nitrogens is 3. The number of rotatable bonds is 5. The monoisotopic (exact) mass is 383 g/mol. The fourth-order valence-electron chi connectivity index (χ4n) is 3.95. The van der Waals surface area contributed by atoms with E-state index in [-0.39, 0.29) is 0 Å². The van der Waals surface area contributed by atoms with Crippen molar-refractivity contribution in [3.8, 4) is 0 Å². The van der Waals surface area contributed by atoms with Crippen LogP contribution in [0.5, 0.6) is 0 Å². The Balaban J connectivity index is 1.84. The summed E-state index contributed by atoms with van der Waals surface area (Å²) in [6.45, 7) is 2.41. The van der Waals surface area contributed by atoms with E-state index in [1.54, 1.807) is 17.1 Å². The molecule has 1 atom stereocenters. The summed E-state index contributed by atoms with van der Waals surface area (Å²) in [6.07, 6.45) is 3.38. The Hall–Kier alpha value is -3.57. The topological polar surface area (TPSA) is 63.1 Å². The highest BCUT2D eigenvalue weighted by Gasteiger charge is 2.39. The predicted molar refractivity (Wildman–Crippen MR) is 114 cm³/mol. The molecule has 0 amide bonds. The molecule has 3 aromatic heterocycles. The molecule has 29 heavy (non-hydrogen) atoms. The van der Waals surface area contributed by atoms with Gasteiger partial charge in [0.1, 0.15) is 12.3 Å². The van der Waals surface area contributed by atoms with Crippen LogP contribution in [0.1, 0.15) is 23.9 Å². The molecule has 3 heterocycles. The molecule has 0 fully saturated rings. The van der Waals surface area contributed by atoms with Crippen LogP contribution in [0.15, 0.2) is 85.2 Å². The maximum absolute atomic E-state index is 12.3. The third-order valence-electron chi connectivity index (χ3n) is 5.31. The molecule has 0 aliphatic carbocycles. The third-order valence-corrected chi connectivity index (χ3v) is 5.31. The molecule has 144 valence electrons. The number of nitrogens with one attached hydrogen (secondary N) is 1. The van der Waals surface area contributed by atoms with Crippen LogP contribution in [0.3, 0.4) is 0 Å². The Labute approximate surface area is 168 Å². The first-order chi connectivity index (χ1) is 14.2. The van der Waals surface area contributed by atoms with Crippen molar-refractivity contribution in [2.75, 3.05) is 6.61 Å². The van der Waals surface area contributed by atoms with Crippen molar-refractivity contribution in [1.29, 1.82) is 0 Å². The van der Waals surface area contributed by atoms with Crippen molar-refractivity contribution < 1.29 is 9.94 Å². The third kappa shape index (κ3) is 2.70. The highest BCUT2D eigenvalue weighted by Crippen LogP contribution is 2.39. The average Bonchev–Trinajstić information content (AvgIpc) is 3.37. The van der Waals surface area contributed by atoms with Crippen LogP contribution in [0.4, 0.5) is 0 Å². The average molecular weight is 383 g/mol. The molecule has 0 radical (unpaired) electrons. The molecule has 0 saturated heterocycles. The van der Waals surface area contributed by atoms with Gasteiger partial charge in [0, 0.05) is 23.3 Å². The lowest BCUT2D eigenvalue weighted by atomic mass is 9.87. The number of benzene rings is 2. The van der Waals surface area contributed by atoms with Crippen LogP contribution in [-0.2, 0) is 5.60 Å². The quantitative estimate of drug-likeness (QED) is 0.477. The Morgan fingerprint density at radius 3 is 2.45 bits per heavy atom. The maximum Gasteiger partial charge on any atom is 0.173 e. The van der Waals surface area contributed by atoms with E-state index in [0.717, 1.165) is 21.8 Å². The summed E-state index contributed by atoms with van der Waals surface area (Å²) in [5.41, 5.74) is 2.45. The molecular weight excluding hydrogens is 362 g/mol. The van der Waals surface area contributed by atoms with Crippen molar-refractivity contribution in [3.63, 3.8) is 0 Å². The summed E-state index contributed by atoms with van der Waals surface area (Å²) >= 11 is 0. The largest absolute Gasteiger partial charge is 0.414 e. The lowest BCUT2D eigenvalue weighted by molar-refractivity contribution is 0.0642. The van der Waals surface area contributed by atoms with Crippen LogP contribution < -0.4 is 4.84 Å². The summed E-state index contributed by atoms with van der Waals surface area (Å²) in [4.78, 5) is 13.5. The standard InChI is InChI=1S/C24H21N3O2/c1-2-29-27-21-10-6-4-8-18(21)16-23(27)24(28,19-11-13-25-14-12-19)22-15-17-7-3-5-9-20(17)26-22/h3-16,26,28H,2H2,1H3. The molecule has 5 aromatic rings. The van der Waals surface area contributed by atoms with Crippen LogP contribution in [0, 0.1) is 0 Å². The van der Waals surface area contributed by atoms with Gasteiger partial charge < -0.3 is 14.9 Å². The Morgan fingerprint density at radius 2 is 1.69 bits per heavy atom. The number of pyridine rings is 1. The molecule has 5 heteroatoms. The van der Waals surface area contributed by atoms with Crippen LogP contribution >= 0.6 is 0 Å². The van der Waals surface area contributed by atoms with Crippen LogP contribution in [0.25, 0.3) is 21.8 Å². The van der Waals surface area contributed by atoms with E-state index in [1.165, 1.54) is 0 Å². The van der Waals surface area contributed by atoms with Crippen molar-refractivity contribution >= 4 is 21.8 Å². The van der Waals surface area contributed by atoms with E-state index < -0.39 is 5.60 Å². The second-order valence-electron chi connectivity index (χ2n) is 7.02. The lowest BCUT2D eigenvalue weighted by Crippen LogP contribution is -2.33. The van der Waals surface area contributed by atoms with Gasteiger partial charge in [0.2, 0.25) is 0 Å². The first kappa shape index (κ1) is 17.5. The van der Waals surface area contributed by atoms with E-state index in [0.29, 0.717) is 23.6 Å². The normalized spacial score (nSPS) is 13.6. The molecule has 2 aromatic carbocycles. The van der Waals surface area contributed by atoms with Crippen LogP contribution in [-0.4, -0.2) is 26.4 Å². The van der Waals surface area contributed by atoms with E-state index in [1.807, 2.05) is 79.7 Å². The minimum atomic E-state index is -1.45. The zero-order valence-corrected chi connectivity index (χ0v) is 16.0. The van der Waals surface area contributed by atoms with Crippen molar-refractivity contribution in [2.45, 2.75) is 12.5 Å². The van der Waals surface area contributed by atoms with E-state index >= 15 is 0 Å². The molecule has 1 unspecified atom stereocenters. The van der Waals surface area contributed by atoms with Crippen LogP contribution in [0.2, 0.25) is 0 Å². The Kier molecular flexibility index (Phi) is 4.11. The molecule has 5 rings (SSSR count). The predicted octanol–water partition coefficient (Wildman–Crippen LogP) is 4.25. The van der Waals surface area contributed by atoms with Crippen molar-refractivity contribution in [1.82, 2.24) is 14.7 Å². The second kappa shape index (κ2) is 6.79. The van der Waals surface area contributed by atoms with E-state index in [4.69, 9.17) is 4.84 Å². The minimum absolute atomic E-state index is 0.477. The number of hydrogen-bond acceptors (Lipinski definition) is 3. The van der Waals surface area contributed by atoms with Gasteiger partial charge in [0.05, 0.1) is 11.2 Å². The minimum Gasteiger partial charge on any atom is -0.414 e. The van der Waals surface area contributed by atoms with Gasteiger partial charge in [0.25, 0.3) is 0 Å². The number of hydrogen-bond donors (Lipinski definition) is 2. The fraction of sp³-hybridized carbons (Fsp3) is 0.125. The van der Waals surface area contributed by atoms with E-state index in [2.05, 4.69) is 9.97 Å². The SMILES string of the molecule is CCOn1c(C(O)(c2ccncc2)c2cc3ccccc3[nH]2)cc2ccccc21. The molecule has 0 aliphatic rings. The van der Waals surface area contributed by atoms with Gasteiger partial charge in [-0.25, -0.2) is 0 Å². The lowest BCUT2D eigenvalue weighted by Gasteiger charge is -2.29. The molecule has 0 bridgehead atoms. The zero-order valence-electron chi connectivity index (χ0n) is 16.0.